The number of aryl methyl sites for hydroxylation is 4. The van der Waals surface area contributed by atoms with Gasteiger partial charge in [-0.25, -0.2) is 4.39 Å². The van der Waals surface area contributed by atoms with Crippen LogP contribution in [0.4, 0.5) is 72.9 Å². The molecule has 0 saturated heterocycles. The summed E-state index contributed by atoms with van der Waals surface area (Å²) in [5.41, 5.74) is 30.8. The van der Waals surface area contributed by atoms with Crippen LogP contribution < -0.4 is 19.6 Å². The molecule has 0 N–H and O–H groups in total. The van der Waals surface area contributed by atoms with E-state index in [1.54, 1.807) is 49.3 Å². The predicted molar refractivity (Wildman–Crippen MR) is 545 cm³/mol. The summed E-state index contributed by atoms with van der Waals surface area (Å²) in [6.07, 6.45) is 10.7. The first-order valence-electron chi connectivity index (χ1n) is 44.3. The van der Waals surface area contributed by atoms with Crippen molar-refractivity contribution in [2.45, 2.75) is 27.7 Å². The summed E-state index contributed by atoms with van der Waals surface area (Å²) in [6.45, 7) is 8.51. The first-order valence-corrected chi connectivity index (χ1v) is 44.3. The molecular formula is C122H87FN12Pt4. The smallest absolute Gasteiger partial charge is 0.346 e. The summed E-state index contributed by atoms with van der Waals surface area (Å²) in [7, 11) is 0. The molecule has 0 aliphatic heterocycles. The Hall–Kier alpha value is -15.1. The molecule has 12 nitrogen and oxygen atoms in total. The molecule has 0 atom stereocenters. The second-order valence-electron chi connectivity index (χ2n) is 31.6. The van der Waals surface area contributed by atoms with Crippen molar-refractivity contribution in [3.05, 3.63) is 532 Å². The number of halogens is 1. The molecular weight excluding hydrogens is 2430 g/mol. The van der Waals surface area contributed by atoms with Crippen molar-refractivity contribution in [2.75, 3.05) is 19.6 Å². The second kappa shape index (κ2) is 49.1. The molecule has 0 aliphatic carbocycles. The first-order chi connectivity index (χ1) is 66.5. The van der Waals surface area contributed by atoms with Crippen LogP contribution in [0.1, 0.15) is 22.3 Å². The van der Waals surface area contributed by atoms with Crippen LogP contribution in [0.3, 0.4) is 0 Å². The number of anilines is 12. The van der Waals surface area contributed by atoms with Crippen LogP contribution in [0.5, 0.6) is 0 Å². The summed E-state index contributed by atoms with van der Waals surface area (Å²) >= 11 is 0. The van der Waals surface area contributed by atoms with Gasteiger partial charge in [0.1, 0.15) is 17.5 Å². The van der Waals surface area contributed by atoms with Crippen LogP contribution in [0.25, 0.3) is 101 Å². The quantitative estimate of drug-likeness (QED) is 0.0638. The van der Waals surface area contributed by atoms with Crippen molar-refractivity contribution in [1.29, 1.82) is 0 Å². The third-order valence-electron chi connectivity index (χ3n) is 22.1. The molecule has 0 radical (unpaired) electrons. The predicted octanol–water partition coefficient (Wildman–Crippen LogP) is 30.6. The number of rotatable bonds is 21. The molecule has 0 fully saturated rings. The van der Waals surface area contributed by atoms with E-state index in [4.69, 9.17) is 9.97 Å². The van der Waals surface area contributed by atoms with Gasteiger partial charge in [0.05, 0.1) is 5.69 Å². The van der Waals surface area contributed by atoms with Crippen LogP contribution in [0.15, 0.2) is 456 Å². The third-order valence-corrected chi connectivity index (χ3v) is 22.1. The number of benzene rings is 13. The van der Waals surface area contributed by atoms with Crippen molar-refractivity contribution < 1.29 is 88.7 Å². The number of aromatic nitrogens is 8. The van der Waals surface area contributed by atoms with E-state index < -0.39 is 0 Å². The van der Waals surface area contributed by atoms with Crippen LogP contribution in [0.2, 0.25) is 0 Å². The van der Waals surface area contributed by atoms with E-state index >= 15 is 0 Å². The Labute approximate surface area is 870 Å². The molecule has 8 aromatic heterocycles. The zero-order valence-corrected chi connectivity index (χ0v) is 84.9. The van der Waals surface area contributed by atoms with E-state index in [0.717, 1.165) is 159 Å². The van der Waals surface area contributed by atoms with Gasteiger partial charge in [-0.2, -0.15) is 0 Å². The second-order valence-corrected chi connectivity index (χ2v) is 31.6. The van der Waals surface area contributed by atoms with E-state index in [0.29, 0.717) is 0 Å². The van der Waals surface area contributed by atoms with E-state index in [1.165, 1.54) is 45.5 Å². The third kappa shape index (κ3) is 25.2. The maximum Gasteiger partial charge on any atom is 2.00 e. The Morgan fingerprint density at radius 3 is 0.763 bits per heavy atom. The van der Waals surface area contributed by atoms with E-state index in [-0.39, 0.29) is 90.1 Å². The number of nitrogens with zero attached hydrogens (tertiary/aromatic N) is 12. The summed E-state index contributed by atoms with van der Waals surface area (Å²) in [5, 5.41) is 0. The normalized spacial score (nSPS) is 10.4. The summed E-state index contributed by atoms with van der Waals surface area (Å²) < 4.78 is 13.7. The van der Waals surface area contributed by atoms with Crippen molar-refractivity contribution in [3.8, 4) is 101 Å². The van der Waals surface area contributed by atoms with Crippen LogP contribution >= 0.6 is 0 Å². The maximum absolute atomic E-state index is 13.7. The van der Waals surface area contributed by atoms with Gasteiger partial charge >= 0.3 is 84.3 Å². The Balaban J connectivity index is 0.000000147. The van der Waals surface area contributed by atoms with Gasteiger partial charge in [-0.05, 0) is 227 Å². The summed E-state index contributed by atoms with van der Waals surface area (Å²) in [4.78, 5) is 45.5. The molecule has 682 valence electrons. The molecule has 0 unspecified atom stereocenters. The van der Waals surface area contributed by atoms with E-state index in [2.05, 4.69) is 230 Å². The van der Waals surface area contributed by atoms with Crippen LogP contribution in [0, 0.1) is 82.0 Å². The number of pyridine rings is 8. The topological polar surface area (TPSA) is 116 Å². The molecule has 0 bridgehead atoms. The molecule has 21 rings (SSSR count). The minimum Gasteiger partial charge on any atom is -0.346 e. The standard InChI is InChI=1S/C34H23N3.C31H25N3.C29H21N3.C28H18FN3.4Pt/c1-2-10-26(11-3-1)27-18-20-30(21-19-27)37(31-14-8-12-28(24-31)33-16-4-6-22-35-33)32-15-9-13-29(25-32)34-17-5-7-23-36-34;1-22-20-23(2)31(24(3)21-22)34(29-18-10-16-27(32-29)25-12-6-4-7-13-25)30-19-11-17-28(33-30)26-14-8-5-9-15-26;1-22-14-16-25(17-15-22)32(26-10-6-8-23(20-26)28-12-2-4-18-30-28)27-11-7-9-24(21-27)29-13-3-5-19-31-29;29-23-13-15-24(16-14-23)32(25-9-5-7-21(19-25)27-11-1-3-17-30-27)26-10-6-8-22(20-26)28-12-2-4-18-31-28;;;;/h1-23H;4-12,14,16-21H,1-3H3;2-19H,1H3;1-18H;;;;/q4*-2;4*+2. The molecule has 0 spiro atoms. The fourth-order valence-electron chi connectivity index (χ4n) is 15.9. The largest absolute Gasteiger partial charge is 2.00 e. The van der Waals surface area contributed by atoms with Gasteiger partial charge in [0.15, 0.2) is 0 Å². The SMILES string of the molecule is Cc1cc(C)c(N(c2cccc(-c3[c-]cccc3)n2)c2cccc(-c3[c-]cccc3)n2)c(C)c1.Cc1ccc(N(c2[c-]c(-c3ccccn3)ccc2)c2[c-]c(-c3ccccn3)ccc2)cc1.Fc1ccc(N(c2[c-]c(-c3ccccn3)ccc2)c2[c-]c(-c3ccccn3)ccc2)cc1.[Pt+2].[Pt+2].[Pt+2].[Pt+2].[c-]1c(-c2ccccn2)cccc1N(c1[c-]c(-c2ccccn2)ccc1)c1ccc(-c2ccccc2)cc1. The minimum atomic E-state index is -0.286. The molecule has 0 saturated carbocycles. The van der Waals surface area contributed by atoms with Crippen LogP contribution in [-0.4, -0.2) is 39.9 Å². The number of hydrogen-bond donors (Lipinski definition) is 0. The van der Waals surface area contributed by atoms with Gasteiger partial charge in [-0.1, -0.05) is 175 Å². The summed E-state index contributed by atoms with van der Waals surface area (Å²) in [5.74, 6) is 1.34. The van der Waals surface area contributed by atoms with E-state index in [9.17, 15) is 4.39 Å². The Morgan fingerprint density at radius 2 is 0.475 bits per heavy atom. The van der Waals surface area contributed by atoms with Gasteiger partial charge in [0, 0.05) is 54.2 Å². The van der Waals surface area contributed by atoms with Gasteiger partial charge < -0.3 is 44.6 Å². The van der Waals surface area contributed by atoms with Gasteiger partial charge in [-0.15, -0.1) is 251 Å². The van der Waals surface area contributed by atoms with Crippen LogP contribution in [-0.2, 0) is 84.3 Å². The average molecular weight is 2520 g/mol. The molecule has 0 amide bonds. The zero-order chi connectivity index (χ0) is 91.9. The minimum absolute atomic E-state index is 0. The van der Waals surface area contributed by atoms with E-state index in [1.807, 2.05) is 290 Å². The van der Waals surface area contributed by atoms with Crippen molar-refractivity contribution in [1.82, 2.24) is 39.9 Å². The van der Waals surface area contributed by atoms with Crippen molar-refractivity contribution >= 4 is 68.5 Å². The molecule has 21 aromatic rings. The van der Waals surface area contributed by atoms with Crippen molar-refractivity contribution in [2.24, 2.45) is 0 Å². The maximum atomic E-state index is 13.7. The van der Waals surface area contributed by atoms with Crippen molar-refractivity contribution in [3.63, 3.8) is 0 Å². The Morgan fingerprint density at radius 1 is 0.216 bits per heavy atom. The Kier molecular flexibility index (Phi) is 35.3. The molecule has 17 heteroatoms. The zero-order valence-electron chi connectivity index (χ0n) is 75.8. The van der Waals surface area contributed by atoms with Gasteiger partial charge in [-0.3, -0.25) is 14.9 Å². The fraction of sp³-hybridized carbons (Fsp3) is 0.0328. The molecule has 8 heterocycles. The first kappa shape index (κ1) is 99.9. The monoisotopic (exact) mass is 2520 g/mol. The molecule has 139 heavy (non-hydrogen) atoms. The average Bonchev–Trinajstić information content (AvgIpc) is 0.440. The molecule has 0 aliphatic rings. The summed E-state index contributed by atoms with van der Waals surface area (Å²) in [6, 6.07) is 166. The fourth-order valence-corrected chi connectivity index (χ4v) is 15.9. The van der Waals surface area contributed by atoms with Gasteiger partial charge in [0.25, 0.3) is 0 Å². The Bertz CT molecular complexity index is 6910. The van der Waals surface area contributed by atoms with Gasteiger partial charge in [0.2, 0.25) is 0 Å². The molecule has 13 aromatic carbocycles. The number of hydrogen-bond acceptors (Lipinski definition) is 12.